The molecule has 0 unspecified atom stereocenters. The van der Waals surface area contributed by atoms with Crippen LogP contribution in [0.1, 0.15) is 63.3 Å². The molecule has 0 fully saturated rings. The third kappa shape index (κ3) is 8.92. The summed E-state index contributed by atoms with van der Waals surface area (Å²) in [5, 5.41) is 3.06. The van der Waals surface area contributed by atoms with Gasteiger partial charge in [-0.25, -0.2) is 8.42 Å². The number of sulfonamides is 1. The van der Waals surface area contributed by atoms with E-state index in [1.165, 1.54) is 4.90 Å². The molecular weight excluding hydrogens is 546 g/mol. The summed E-state index contributed by atoms with van der Waals surface area (Å²) < 4.78 is 27.2. The van der Waals surface area contributed by atoms with Crippen molar-refractivity contribution in [1.82, 2.24) is 10.2 Å². The normalized spacial score (nSPS) is 13.2. The van der Waals surface area contributed by atoms with Gasteiger partial charge in [0.25, 0.3) is 0 Å². The van der Waals surface area contributed by atoms with Crippen LogP contribution >= 0.6 is 0 Å². The Morgan fingerprint density at radius 1 is 0.905 bits per heavy atom. The Labute approximate surface area is 252 Å². The van der Waals surface area contributed by atoms with Crippen LogP contribution in [0.4, 0.5) is 5.69 Å². The van der Waals surface area contributed by atoms with E-state index in [1.807, 2.05) is 87.5 Å². The van der Waals surface area contributed by atoms with Crippen molar-refractivity contribution < 1.29 is 18.0 Å². The van der Waals surface area contributed by atoms with Gasteiger partial charge in [0, 0.05) is 19.0 Å². The van der Waals surface area contributed by atoms with Crippen LogP contribution in [0.5, 0.6) is 0 Å². The molecule has 0 aliphatic rings. The zero-order chi connectivity index (χ0) is 31.1. The van der Waals surface area contributed by atoms with E-state index in [2.05, 4.69) is 26.1 Å². The second-order valence-corrected chi connectivity index (χ2v) is 13.9. The van der Waals surface area contributed by atoms with Crippen LogP contribution in [0.3, 0.4) is 0 Å². The summed E-state index contributed by atoms with van der Waals surface area (Å²) in [6, 6.07) is 23.6. The van der Waals surface area contributed by atoms with Crippen molar-refractivity contribution in [3.05, 3.63) is 101 Å². The van der Waals surface area contributed by atoms with E-state index in [1.54, 1.807) is 12.1 Å². The predicted octanol–water partition coefficient (Wildman–Crippen LogP) is 5.61. The Kier molecular flexibility index (Phi) is 11.0. The van der Waals surface area contributed by atoms with E-state index in [-0.39, 0.29) is 23.9 Å². The molecule has 0 aromatic heterocycles. The second kappa shape index (κ2) is 14.0. The number of hydrogen-bond donors (Lipinski definition) is 1. The minimum atomic E-state index is -3.82. The van der Waals surface area contributed by atoms with E-state index in [0.717, 1.165) is 39.2 Å². The molecule has 2 amide bonds. The summed E-state index contributed by atoms with van der Waals surface area (Å²) in [6.45, 7) is 11.9. The molecule has 3 aromatic carbocycles. The minimum absolute atomic E-state index is 0.0833. The molecule has 3 aromatic rings. The summed E-state index contributed by atoms with van der Waals surface area (Å²) in [4.78, 5) is 29.6. The third-order valence-electron chi connectivity index (χ3n) is 7.57. The Morgan fingerprint density at radius 2 is 1.50 bits per heavy atom. The van der Waals surface area contributed by atoms with Gasteiger partial charge in [-0.2, -0.15) is 0 Å². The molecule has 0 radical (unpaired) electrons. The van der Waals surface area contributed by atoms with E-state index in [4.69, 9.17) is 0 Å². The van der Waals surface area contributed by atoms with Crippen molar-refractivity contribution >= 4 is 27.5 Å². The Bertz CT molecular complexity index is 1450. The van der Waals surface area contributed by atoms with Gasteiger partial charge >= 0.3 is 0 Å². The summed E-state index contributed by atoms with van der Waals surface area (Å²) in [6.07, 6.45) is 2.13. The monoisotopic (exact) mass is 591 g/mol. The molecule has 0 bridgehead atoms. The maximum Gasteiger partial charge on any atom is 0.244 e. The lowest BCUT2D eigenvalue weighted by Gasteiger charge is -2.34. The molecule has 2 atom stereocenters. The zero-order valence-corrected chi connectivity index (χ0v) is 26.7. The van der Waals surface area contributed by atoms with Gasteiger partial charge in [-0.05, 0) is 60.1 Å². The van der Waals surface area contributed by atoms with E-state index in [9.17, 15) is 18.0 Å². The van der Waals surface area contributed by atoms with Crippen LogP contribution in [-0.4, -0.2) is 50.0 Å². The Morgan fingerprint density at radius 3 is 2.05 bits per heavy atom. The van der Waals surface area contributed by atoms with Crippen LogP contribution < -0.4 is 9.62 Å². The lowest BCUT2D eigenvalue weighted by atomic mass is 9.87. The average Bonchev–Trinajstić information content (AvgIpc) is 2.93. The van der Waals surface area contributed by atoms with Crippen LogP contribution in [0.15, 0.2) is 78.9 Å². The summed E-state index contributed by atoms with van der Waals surface area (Å²) in [5.41, 5.74) is 4.12. The highest BCUT2D eigenvalue weighted by atomic mass is 32.2. The number of nitrogens with zero attached hydrogens (tertiary/aromatic N) is 2. The third-order valence-corrected chi connectivity index (χ3v) is 8.72. The van der Waals surface area contributed by atoms with E-state index in [0.29, 0.717) is 12.1 Å². The zero-order valence-electron chi connectivity index (χ0n) is 25.9. The molecule has 0 aliphatic heterocycles. The first-order valence-electron chi connectivity index (χ1n) is 14.5. The average molecular weight is 592 g/mol. The molecule has 7 nitrogen and oxygen atoms in total. The van der Waals surface area contributed by atoms with Crippen LogP contribution in [0.25, 0.3) is 0 Å². The van der Waals surface area contributed by atoms with Crippen molar-refractivity contribution in [2.24, 2.45) is 0 Å². The molecular formula is C34H45N3O4S. The first-order valence-corrected chi connectivity index (χ1v) is 16.3. The van der Waals surface area contributed by atoms with Crippen molar-refractivity contribution in [2.75, 3.05) is 17.1 Å². The molecule has 0 spiro atoms. The largest absolute Gasteiger partial charge is 0.352 e. The predicted molar refractivity (Wildman–Crippen MR) is 171 cm³/mol. The number of rotatable bonds is 12. The van der Waals surface area contributed by atoms with Gasteiger partial charge in [-0.15, -0.1) is 0 Å². The minimum Gasteiger partial charge on any atom is -0.352 e. The van der Waals surface area contributed by atoms with Crippen molar-refractivity contribution in [2.45, 2.75) is 78.4 Å². The molecule has 0 saturated heterocycles. The van der Waals surface area contributed by atoms with Gasteiger partial charge in [0.15, 0.2) is 0 Å². The number of amides is 2. The molecule has 8 heteroatoms. The molecule has 0 heterocycles. The first kappa shape index (κ1) is 32.9. The fourth-order valence-corrected chi connectivity index (χ4v) is 5.56. The fourth-order valence-electron chi connectivity index (χ4n) is 4.71. The van der Waals surface area contributed by atoms with Gasteiger partial charge in [0.1, 0.15) is 12.6 Å². The summed E-state index contributed by atoms with van der Waals surface area (Å²) in [5.74, 6) is -0.723. The number of nitrogens with one attached hydrogen (secondary N) is 1. The van der Waals surface area contributed by atoms with Crippen LogP contribution in [-0.2, 0) is 38.0 Å². The van der Waals surface area contributed by atoms with E-state index < -0.39 is 28.5 Å². The molecule has 42 heavy (non-hydrogen) atoms. The standard InChI is InChI=1S/C34H45N3O4S/c1-8-26(3)35-33(39)31(22-27-15-10-9-11-16-27)36(23-28-17-13-12-14-25(28)2)32(38)24-37(42(7,40)41)30-20-18-29(19-21-30)34(4,5)6/h9-21,26,31H,8,22-24H2,1-7H3,(H,35,39)/t26-,31-/m1/s1. The maximum absolute atomic E-state index is 14.2. The lowest BCUT2D eigenvalue weighted by molar-refractivity contribution is -0.140. The molecule has 1 N–H and O–H groups in total. The highest BCUT2D eigenvalue weighted by molar-refractivity contribution is 7.92. The first-order chi connectivity index (χ1) is 19.7. The molecule has 0 aliphatic carbocycles. The van der Waals surface area contributed by atoms with Gasteiger partial charge in [0.2, 0.25) is 21.8 Å². The highest BCUT2D eigenvalue weighted by Gasteiger charge is 2.33. The Hall–Kier alpha value is -3.65. The van der Waals surface area contributed by atoms with E-state index >= 15 is 0 Å². The highest BCUT2D eigenvalue weighted by Crippen LogP contribution is 2.26. The number of aryl methyl sites for hydroxylation is 1. The summed E-state index contributed by atoms with van der Waals surface area (Å²) >= 11 is 0. The number of benzene rings is 3. The smallest absolute Gasteiger partial charge is 0.244 e. The number of anilines is 1. The molecule has 226 valence electrons. The van der Waals surface area contributed by atoms with Gasteiger partial charge in [-0.3, -0.25) is 13.9 Å². The topological polar surface area (TPSA) is 86.8 Å². The van der Waals surface area contributed by atoms with Gasteiger partial charge in [-0.1, -0.05) is 94.4 Å². The Balaban J connectivity index is 2.07. The molecule has 3 rings (SSSR count). The van der Waals surface area contributed by atoms with Crippen LogP contribution in [0.2, 0.25) is 0 Å². The second-order valence-electron chi connectivity index (χ2n) is 12.0. The lowest BCUT2D eigenvalue weighted by Crippen LogP contribution is -2.54. The van der Waals surface area contributed by atoms with Crippen LogP contribution in [0, 0.1) is 6.92 Å². The van der Waals surface area contributed by atoms with Crippen molar-refractivity contribution in [1.29, 1.82) is 0 Å². The fraction of sp³-hybridized carbons (Fsp3) is 0.412. The SMILES string of the molecule is CC[C@@H](C)NC(=O)[C@@H](Cc1ccccc1)N(Cc1ccccc1C)C(=O)CN(c1ccc(C(C)(C)C)cc1)S(C)(=O)=O. The quantitative estimate of drug-likeness (QED) is 0.297. The number of carbonyl (C=O) groups is 2. The van der Waals surface area contributed by atoms with Gasteiger partial charge in [0.05, 0.1) is 11.9 Å². The maximum atomic E-state index is 14.2. The number of hydrogen-bond acceptors (Lipinski definition) is 4. The van der Waals surface area contributed by atoms with Gasteiger partial charge < -0.3 is 10.2 Å². The van der Waals surface area contributed by atoms with Crippen molar-refractivity contribution in [3.8, 4) is 0 Å². The number of carbonyl (C=O) groups excluding carboxylic acids is 2. The molecule has 0 saturated carbocycles. The van der Waals surface area contributed by atoms with Crippen molar-refractivity contribution in [3.63, 3.8) is 0 Å². The summed E-state index contributed by atoms with van der Waals surface area (Å²) in [7, 11) is -3.82.